The molecule has 2 heterocycles. The van der Waals surface area contributed by atoms with Crippen molar-refractivity contribution in [3.05, 3.63) is 46.8 Å². The number of nitrogens with zero attached hydrogens (tertiary/aromatic N) is 2. The second kappa shape index (κ2) is 8.43. The summed E-state index contributed by atoms with van der Waals surface area (Å²) < 4.78 is 1.56. The number of rotatable bonds is 6. The van der Waals surface area contributed by atoms with Crippen LogP contribution in [0.25, 0.3) is 20.7 Å². The van der Waals surface area contributed by atoms with Crippen molar-refractivity contribution in [2.45, 2.75) is 43.8 Å². The third-order valence-electron chi connectivity index (χ3n) is 6.95. The summed E-state index contributed by atoms with van der Waals surface area (Å²) in [6.45, 7) is 2.14. The Morgan fingerprint density at radius 1 is 1.29 bits per heavy atom. The number of amides is 1. The molecule has 2 aliphatic rings. The number of hydrogen-bond donors (Lipinski definition) is 1. The van der Waals surface area contributed by atoms with Gasteiger partial charge in [0.25, 0.3) is 5.56 Å². The second-order valence-electron chi connectivity index (χ2n) is 8.94. The minimum atomic E-state index is -0.0679. The van der Waals surface area contributed by atoms with E-state index in [-0.39, 0.29) is 23.3 Å². The van der Waals surface area contributed by atoms with Gasteiger partial charge in [0.15, 0.2) is 5.16 Å². The molecule has 5 rings (SSSR count). The molecule has 2 aromatic heterocycles. The molecule has 4 atom stereocenters. The first-order valence-corrected chi connectivity index (χ1v) is 12.8. The van der Waals surface area contributed by atoms with Crippen molar-refractivity contribution in [3.63, 3.8) is 0 Å². The number of carbonyl (C=O) groups is 1. The Kier molecular flexibility index (Phi) is 5.65. The minimum absolute atomic E-state index is 0.0192. The fourth-order valence-corrected chi connectivity index (χ4v) is 7.22. The van der Waals surface area contributed by atoms with E-state index in [2.05, 4.69) is 12.2 Å². The zero-order chi connectivity index (χ0) is 21.5. The molecule has 31 heavy (non-hydrogen) atoms. The Balaban J connectivity index is 1.28. The Bertz CT molecular complexity index is 1170. The van der Waals surface area contributed by atoms with Crippen LogP contribution in [0.2, 0.25) is 0 Å². The number of thioether (sulfide) groups is 1. The molecule has 3 aromatic rings. The lowest BCUT2D eigenvalue weighted by Crippen LogP contribution is -2.41. The smallest absolute Gasteiger partial charge is 0.262 e. The van der Waals surface area contributed by atoms with Gasteiger partial charge in [0.2, 0.25) is 5.91 Å². The number of benzene rings is 1. The predicted octanol–water partition coefficient (Wildman–Crippen LogP) is 4.70. The lowest BCUT2D eigenvalue weighted by molar-refractivity contribution is -0.119. The largest absolute Gasteiger partial charge is 0.353 e. The highest BCUT2D eigenvalue weighted by Crippen LogP contribution is 2.49. The van der Waals surface area contributed by atoms with Crippen molar-refractivity contribution in [1.82, 2.24) is 14.9 Å². The Hall–Kier alpha value is -2.12. The van der Waals surface area contributed by atoms with Crippen LogP contribution in [0.3, 0.4) is 0 Å². The average Bonchev–Trinajstić information content (AvgIpc) is 3.51. The Morgan fingerprint density at radius 3 is 2.81 bits per heavy atom. The molecule has 0 saturated heterocycles. The molecular weight excluding hydrogens is 426 g/mol. The highest BCUT2D eigenvalue weighted by molar-refractivity contribution is 7.99. The Morgan fingerprint density at radius 2 is 2.10 bits per heavy atom. The van der Waals surface area contributed by atoms with E-state index < -0.39 is 0 Å². The highest BCUT2D eigenvalue weighted by Gasteiger charge is 2.42. The molecule has 0 spiro atoms. The van der Waals surface area contributed by atoms with E-state index in [1.54, 1.807) is 11.6 Å². The van der Waals surface area contributed by atoms with Crippen LogP contribution < -0.4 is 10.9 Å². The molecule has 4 unspecified atom stereocenters. The molecule has 1 aromatic carbocycles. The molecule has 1 amide bonds. The van der Waals surface area contributed by atoms with Crippen LogP contribution in [0.4, 0.5) is 0 Å². The van der Waals surface area contributed by atoms with Crippen molar-refractivity contribution in [2.75, 3.05) is 5.75 Å². The molecule has 2 bridgehead atoms. The van der Waals surface area contributed by atoms with E-state index in [4.69, 9.17) is 4.98 Å². The van der Waals surface area contributed by atoms with Crippen LogP contribution in [-0.2, 0) is 11.8 Å². The molecule has 2 aliphatic carbocycles. The first kappa shape index (κ1) is 20.8. The third kappa shape index (κ3) is 4.05. The third-order valence-corrected chi connectivity index (χ3v) is 9.05. The van der Waals surface area contributed by atoms with Gasteiger partial charge in [0.1, 0.15) is 4.83 Å². The minimum Gasteiger partial charge on any atom is -0.353 e. The summed E-state index contributed by atoms with van der Waals surface area (Å²) in [4.78, 5) is 31.9. The molecule has 162 valence electrons. The van der Waals surface area contributed by atoms with Gasteiger partial charge >= 0.3 is 0 Å². The Labute approximate surface area is 190 Å². The zero-order valence-electron chi connectivity index (χ0n) is 17.8. The molecule has 2 saturated carbocycles. The monoisotopic (exact) mass is 453 g/mol. The number of nitrogens with one attached hydrogen (secondary N) is 1. The van der Waals surface area contributed by atoms with Crippen LogP contribution in [0.5, 0.6) is 0 Å². The highest BCUT2D eigenvalue weighted by atomic mass is 32.2. The van der Waals surface area contributed by atoms with Crippen LogP contribution in [0, 0.1) is 17.8 Å². The molecular formula is C24H27N3O2S2. The van der Waals surface area contributed by atoms with E-state index in [9.17, 15) is 9.59 Å². The molecule has 0 radical (unpaired) electrons. The predicted molar refractivity (Wildman–Crippen MR) is 128 cm³/mol. The number of thiophene rings is 1. The van der Waals surface area contributed by atoms with Gasteiger partial charge in [-0.25, -0.2) is 4.98 Å². The first-order valence-electron chi connectivity index (χ1n) is 11.0. The van der Waals surface area contributed by atoms with E-state index in [0.29, 0.717) is 16.5 Å². The summed E-state index contributed by atoms with van der Waals surface area (Å²) in [6, 6.07) is 12.2. The number of hydrogen-bond acceptors (Lipinski definition) is 5. The van der Waals surface area contributed by atoms with Crippen molar-refractivity contribution in [2.24, 2.45) is 24.8 Å². The summed E-state index contributed by atoms with van der Waals surface area (Å²) in [5, 5.41) is 4.42. The van der Waals surface area contributed by atoms with E-state index in [1.807, 2.05) is 36.4 Å². The maximum absolute atomic E-state index is 12.9. The number of carbonyl (C=O) groups excluding carboxylic acids is 1. The van der Waals surface area contributed by atoms with Crippen molar-refractivity contribution in [3.8, 4) is 10.4 Å². The SMILES string of the molecule is CC(NC(=O)CSc1nc2sc(-c3ccccc3)cc2c(=O)n1C)C1CC2CCC1C2. The normalized spacial score (nSPS) is 23.4. The van der Waals surface area contributed by atoms with E-state index in [1.165, 1.54) is 48.8 Å². The van der Waals surface area contributed by atoms with E-state index in [0.717, 1.165) is 27.1 Å². The van der Waals surface area contributed by atoms with Crippen molar-refractivity contribution in [1.29, 1.82) is 0 Å². The molecule has 5 nitrogen and oxygen atoms in total. The van der Waals surface area contributed by atoms with E-state index >= 15 is 0 Å². The van der Waals surface area contributed by atoms with Gasteiger partial charge in [-0.15, -0.1) is 11.3 Å². The first-order chi connectivity index (χ1) is 15.0. The topological polar surface area (TPSA) is 64.0 Å². The van der Waals surface area contributed by atoms with Gasteiger partial charge in [-0.1, -0.05) is 48.5 Å². The number of aromatic nitrogens is 2. The summed E-state index contributed by atoms with van der Waals surface area (Å²) >= 11 is 2.85. The van der Waals surface area contributed by atoms with Gasteiger partial charge in [-0.05, 0) is 55.6 Å². The maximum Gasteiger partial charge on any atom is 0.262 e. The molecule has 0 aliphatic heterocycles. The summed E-state index contributed by atoms with van der Waals surface area (Å²) in [7, 11) is 1.73. The quantitative estimate of drug-likeness (QED) is 0.434. The van der Waals surface area contributed by atoms with Crippen LogP contribution in [0.15, 0.2) is 46.3 Å². The molecule has 7 heteroatoms. The second-order valence-corrected chi connectivity index (χ2v) is 10.9. The lowest BCUT2D eigenvalue weighted by Gasteiger charge is -2.28. The molecule has 1 N–H and O–H groups in total. The summed E-state index contributed by atoms with van der Waals surface area (Å²) in [5.41, 5.74) is 1.01. The fraction of sp³-hybridized carbons (Fsp3) is 0.458. The van der Waals surface area contributed by atoms with Gasteiger partial charge in [0.05, 0.1) is 11.1 Å². The van der Waals surface area contributed by atoms with Gasteiger partial charge in [-0.2, -0.15) is 0 Å². The van der Waals surface area contributed by atoms with Gasteiger partial charge in [0, 0.05) is 18.0 Å². The standard InChI is InChI=1S/C24H27N3O2S2/c1-14(18-11-15-8-9-17(18)10-15)25-21(28)13-30-24-26-22-19(23(29)27(24)2)12-20(31-22)16-6-4-3-5-7-16/h3-7,12,14-15,17-18H,8-11,13H2,1-2H3,(H,25,28). The van der Waals surface area contributed by atoms with Gasteiger partial charge < -0.3 is 5.32 Å². The zero-order valence-corrected chi connectivity index (χ0v) is 19.5. The lowest BCUT2D eigenvalue weighted by atomic mass is 9.84. The summed E-state index contributed by atoms with van der Waals surface area (Å²) in [5.74, 6) is 2.57. The van der Waals surface area contributed by atoms with Crippen molar-refractivity contribution < 1.29 is 4.79 Å². The molecule has 2 fully saturated rings. The van der Waals surface area contributed by atoms with Crippen LogP contribution in [0.1, 0.15) is 32.6 Å². The average molecular weight is 454 g/mol. The number of fused-ring (bicyclic) bond motifs is 3. The van der Waals surface area contributed by atoms with Gasteiger partial charge in [-0.3, -0.25) is 14.2 Å². The van der Waals surface area contributed by atoms with Crippen LogP contribution >= 0.6 is 23.1 Å². The maximum atomic E-state index is 12.9. The summed E-state index contributed by atoms with van der Waals surface area (Å²) in [6.07, 6.45) is 5.29. The van der Waals surface area contributed by atoms with Crippen LogP contribution in [-0.4, -0.2) is 27.3 Å². The fourth-order valence-electron chi connectivity index (χ4n) is 5.36. The van der Waals surface area contributed by atoms with Crippen molar-refractivity contribution >= 4 is 39.2 Å².